The van der Waals surface area contributed by atoms with E-state index in [-0.39, 0.29) is 11.1 Å². The topological polar surface area (TPSA) is 65.1 Å². The van der Waals surface area contributed by atoms with Crippen LogP contribution >= 0.6 is 12.6 Å². The predicted octanol–water partition coefficient (Wildman–Crippen LogP) is 3.27. The lowest BCUT2D eigenvalue weighted by atomic mass is 9.81. The molecule has 0 saturated carbocycles. The van der Waals surface area contributed by atoms with Crippen molar-refractivity contribution in [3.05, 3.63) is 38.8 Å². The fourth-order valence-electron chi connectivity index (χ4n) is 2.69. The highest BCUT2D eigenvalue weighted by molar-refractivity contribution is 7.80. The first-order valence-electron chi connectivity index (χ1n) is 6.93. The highest BCUT2D eigenvalue weighted by atomic mass is 32.1. The highest BCUT2D eigenvalue weighted by Gasteiger charge is 2.27. The Balaban J connectivity index is 3.07. The molecule has 0 aliphatic rings. The molecule has 0 spiro atoms. The van der Waals surface area contributed by atoms with Gasteiger partial charge in [-0.25, -0.2) is 0 Å². The van der Waals surface area contributed by atoms with Crippen LogP contribution in [-0.2, 0) is 6.54 Å². The molecule has 0 atom stereocenters. The summed E-state index contributed by atoms with van der Waals surface area (Å²) in [5, 5.41) is 10.8. The fraction of sp³-hybridized carbons (Fsp3) is 0.643. The zero-order valence-corrected chi connectivity index (χ0v) is 12.9. The molecule has 20 heavy (non-hydrogen) atoms. The lowest BCUT2D eigenvalue weighted by molar-refractivity contribution is -0.386. The lowest BCUT2D eigenvalue weighted by Gasteiger charge is -2.32. The minimum atomic E-state index is -0.624. The molecular weight excluding hydrogens is 276 g/mol. The third kappa shape index (κ3) is 4.10. The maximum absolute atomic E-state index is 11.4. The second-order valence-corrected chi connectivity index (χ2v) is 5.60. The van der Waals surface area contributed by atoms with Gasteiger partial charge in [0.2, 0.25) is 0 Å². The summed E-state index contributed by atoms with van der Waals surface area (Å²) >= 11 is 4.48. The molecule has 0 radical (unpaired) electrons. The van der Waals surface area contributed by atoms with E-state index < -0.39 is 10.4 Å². The van der Waals surface area contributed by atoms with Gasteiger partial charge in [0.1, 0.15) is 0 Å². The molecule has 0 aromatic carbocycles. The van der Waals surface area contributed by atoms with Crippen LogP contribution in [0.5, 0.6) is 0 Å². The van der Waals surface area contributed by atoms with Crippen molar-refractivity contribution < 1.29 is 4.92 Å². The molecular formula is C14H22N2O3S. The standard InChI is InChI=1S/C14H22N2O3S/c1-3-6-14(11-20,7-4-2)10-15-8-5-13(17)12(9-15)16(18)19/h5,8-9,20H,3-4,6-7,10-11H2,1-2H3. The molecule has 112 valence electrons. The minimum Gasteiger partial charge on any atom is -0.347 e. The van der Waals surface area contributed by atoms with Crippen LogP contribution in [0.25, 0.3) is 0 Å². The van der Waals surface area contributed by atoms with Crippen LogP contribution in [0.2, 0.25) is 0 Å². The van der Waals surface area contributed by atoms with Crippen molar-refractivity contribution in [1.82, 2.24) is 4.57 Å². The minimum absolute atomic E-state index is 0.0234. The molecule has 1 aromatic rings. The first-order chi connectivity index (χ1) is 9.48. The van der Waals surface area contributed by atoms with Crippen molar-refractivity contribution in [3.63, 3.8) is 0 Å². The van der Waals surface area contributed by atoms with Crippen molar-refractivity contribution in [3.8, 4) is 0 Å². The van der Waals surface area contributed by atoms with Gasteiger partial charge in [-0.15, -0.1) is 0 Å². The van der Waals surface area contributed by atoms with Crippen LogP contribution in [0.4, 0.5) is 5.69 Å². The molecule has 5 nitrogen and oxygen atoms in total. The highest BCUT2D eigenvalue weighted by Crippen LogP contribution is 2.33. The fourth-order valence-corrected chi connectivity index (χ4v) is 3.10. The van der Waals surface area contributed by atoms with Gasteiger partial charge in [-0.3, -0.25) is 14.9 Å². The molecule has 0 fully saturated rings. The summed E-state index contributed by atoms with van der Waals surface area (Å²) in [7, 11) is 0. The van der Waals surface area contributed by atoms with Crippen molar-refractivity contribution in [2.75, 3.05) is 5.75 Å². The molecule has 0 aliphatic carbocycles. The molecule has 0 N–H and O–H groups in total. The van der Waals surface area contributed by atoms with Crippen molar-refractivity contribution in [2.45, 2.75) is 46.1 Å². The average molecular weight is 298 g/mol. The monoisotopic (exact) mass is 298 g/mol. The van der Waals surface area contributed by atoms with Gasteiger partial charge >= 0.3 is 5.69 Å². The summed E-state index contributed by atoms with van der Waals surface area (Å²) < 4.78 is 1.75. The summed E-state index contributed by atoms with van der Waals surface area (Å²) in [4.78, 5) is 21.6. The summed E-state index contributed by atoms with van der Waals surface area (Å²) in [6, 6.07) is 1.26. The van der Waals surface area contributed by atoms with Gasteiger partial charge in [0.05, 0.1) is 11.1 Å². The first-order valence-corrected chi connectivity index (χ1v) is 7.56. The summed E-state index contributed by atoms with van der Waals surface area (Å²) in [6.45, 7) is 4.91. The van der Waals surface area contributed by atoms with E-state index in [2.05, 4.69) is 26.5 Å². The molecule has 0 amide bonds. The third-order valence-corrected chi connectivity index (χ3v) is 4.24. The van der Waals surface area contributed by atoms with E-state index in [1.807, 2.05) is 0 Å². The average Bonchev–Trinajstić information content (AvgIpc) is 2.41. The molecule has 1 heterocycles. The number of hydrogen-bond acceptors (Lipinski definition) is 4. The van der Waals surface area contributed by atoms with Crippen molar-refractivity contribution in [1.29, 1.82) is 0 Å². The Labute approximate surface area is 124 Å². The second-order valence-electron chi connectivity index (χ2n) is 5.28. The largest absolute Gasteiger partial charge is 0.347 e. The Bertz CT molecular complexity index is 507. The van der Waals surface area contributed by atoms with Crippen LogP contribution < -0.4 is 5.43 Å². The maximum atomic E-state index is 11.4. The maximum Gasteiger partial charge on any atom is 0.332 e. The Kier molecular flexibility index (Phi) is 6.26. The van der Waals surface area contributed by atoms with Gasteiger partial charge in [-0.2, -0.15) is 12.6 Å². The molecule has 1 rings (SSSR count). The second kappa shape index (κ2) is 7.47. The third-order valence-electron chi connectivity index (χ3n) is 3.57. The molecule has 0 saturated heterocycles. The Hall–Kier alpha value is -1.30. The van der Waals surface area contributed by atoms with E-state index in [0.717, 1.165) is 31.4 Å². The van der Waals surface area contributed by atoms with Gasteiger partial charge < -0.3 is 4.57 Å². The zero-order valence-electron chi connectivity index (χ0n) is 12.0. The van der Waals surface area contributed by atoms with Gasteiger partial charge in [0.25, 0.3) is 5.43 Å². The molecule has 0 aliphatic heterocycles. The molecule has 0 unspecified atom stereocenters. The number of nitrogens with zero attached hydrogens (tertiary/aromatic N) is 2. The SMILES string of the molecule is CCCC(CS)(CCC)Cn1ccc(=O)c([N+](=O)[O-])c1. The zero-order chi connectivity index (χ0) is 15.2. The van der Waals surface area contributed by atoms with Gasteiger partial charge in [-0.1, -0.05) is 26.7 Å². The van der Waals surface area contributed by atoms with E-state index in [9.17, 15) is 14.9 Å². The summed E-state index contributed by atoms with van der Waals surface area (Å²) in [6.07, 6.45) is 7.09. The Morgan fingerprint density at radius 3 is 2.40 bits per heavy atom. The number of thiol groups is 1. The molecule has 1 aromatic heterocycles. The first kappa shape index (κ1) is 16.8. The molecule has 6 heteroatoms. The van der Waals surface area contributed by atoms with Crippen molar-refractivity contribution in [2.24, 2.45) is 5.41 Å². The van der Waals surface area contributed by atoms with Crippen LogP contribution in [0.1, 0.15) is 39.5 Å². The predicted molar refractivity (Wildman–Crippen MR) is 83.5 cm³/mol. The number of hydrogen-bond donors (Lipinski definition) is 1. The lowest BCUT2D eigenvalue weighted by Crippen LogP contribution is -2.29. The van der Waals surface area contributed by atoms with Crippen LogP contribution in [-0.4, -0.2) is 15.2 Å². The van der Waals surface area contributed by atoms with Gasteiger partial charge in [0.15, 0.2) is 0 Å². The normalized spacial score (nSPS) is 11.6. The number of nitro groups is 1. The quantitative estimate of drug-likeness (QED) is 0.455. The van der Waals surface area contributed by atoms with Crippen molar-refractivity contribution >= 4 is 18.3 Å². The summed E-state index contributed by atoms with van der Waals surface area (Å²) in [5.74, 6) is 0.731. The van der Waals surface area contributed by atoms with Gasteiger partial charge in [-0.05, 0) is 24.0 Å². The smallest absolute Gasteiger partial charge is 0.332 e. The Morgan fingerprint density at radius 2 is 1.95 bits per heavy atom. The van der Waals surface area contributed by atoms with Gasteiger partial charge in [0, 0.05) is 18.8 Å². The van der Waals surface area contributed by atoms with E-state index in [4.69, 9.17) is 0 Å². The number of rotatable bonds is 8. The Morgan fingerprint density at radius 1 is 1.35 bits per heavy atom. The number of aromatic nitrogens is 1. The van der Waals surface area contributed by atoms with Crippen LogP contribution in [0.15, 0.2) is 23.3 Å². The van der Waals surface area contributed by atoms with E-state index in [1.165, 1.54) is 12.3 Å². The van der Waals surface area contributed by atoms with Crippen LogP contribution in [0, 0.1) is 15.5 Å². The van der Waals surface area contributed by atoms with E-state index in [1.54, 1.807) is 10.8 Å². The molecule has 0 bridgehead atoms. The van der Waals surface area contributed by atoms with Crippen LogP contribution in [0.3, 0.4) is 0 Å². The van der Waals surface area contributed by atoms with E-state index in [0.29, 0.717) is 6.54 Å². The van der Waals surface area contributed by atoms with E-state index >= 15 is 0 Å². The summed E-state index contributed by atoms with van der Waals surface area (Å²) in [5.41, 5.74) is -0.891. The number of pyridine rings is 1.